The molecule has 1 heterocycles. The van der Waals surface area contributed by atoms with Crippen LogP contribution in [0, 0.1) is 13.8 Å². The third-order valence-electron chi connectivity index (χ3n) is 2.36. The second kappa shape index (κ2) is 3.48. The number of carbonyl (C=O) groups excluding carboxylic acids is 1. The predicted octanol–water partition coefficient (Wildman–Crippen LogP) is 0.773. The lowest BCUT2D eigenvalue weighted by Gasteiger charge is -2.06. The largest absolute Gasteiger partial charge is 0.542 e. The first-order valence-corrected chi connectivity index (χ1v) is 4.75. The van der Waals surface area contributed by atoms with Gasteiger partial charge in [0.1, 0.15) is 11.6 Å². The molecule has 0 saturated heterocycles. The summed E-state index contributed by atoms with van der Waals surface area (Å²) in [7, 11) is 0. The van der Waals surface area contributed by atoms with E-state index in [-0.39, 0.29) is 5.43 Å². The first-order chi connectivity index (χ1) is 7.49. The minimum atomic E-state index is -1.49. The van der Waals surface area contributed by atoms with Crippen molar-refractivity contribution in [1.82, 2.24) is 0 Å². The minimum Gasteiger partial charge on any atom is -0.542 e. The van der Waals surface area contributed by atoms with Crippen molar-refractivity contribution in [2.75, 3.05) is 0 Å². The Bertz CT molecular complexity index is 637. The van der Waals surface area contributed by atoms with E-state index in [4.69, 9.17) is 4.42 Å². The molecule has 0 atom stereocenters. The number of carboxylic acid groups (broad SMARTS) is 1. The maximum atomic E-state index is 11.7. The normalized spacial score (nSPS) is 10.6. The van der Waals surface area contributed by atoms with Crippen LogP contribution in [0.3, 0.4) is 0 Å². The van der Waals surface area contributed by atoms with Crippen molar-refractivity contribution in [3.05, 3.63) is 45.3 Å². The summed E-state index contributed by atoms with van der Waals surface area (Å²) in [4.78, 5) is 22.3. The number of benzene rings is 1. The van der Waals surface area contributed by atoms with Crippen LogP contribution in [0.1, 0.15) is 21.7 Å². The molecular formula is C12H9O4-. The molecule has 0 amide bonds. The summed E-state index contributed by atoms with van der Waals surface area (Å²) in [5.74, 6) is -1.93. The molecule has 0 aliphatic rings. The van der Waals surface area contributed by atoms with E-state index in [2.05, 4.69) is 0 Å². The number of hydrogen-bond acceptors (Lipinski definition) is 4. The zero-order valence-electron chi connectivity index (χ0n) is 8.87. The van der Waals surface area contributed by atoms with E-state index in [9.17, 15) is 14.7 Å². The molecule has 4 nitrogen and oxygen atoms in total. The summed E-state index contributed by atoms with van der Waals surface area (Å²) in [6.45, 7) is 3.62. The number of carbonyl (C=O) groups is 1. The third-order valence-corrected chi connectivity index (χ3v) is 2.36. The van der Waals surface area contributed by atoms with Gasteiger partial charge in [-0.15, -0.1) is 0 Å². The highest BCUT2D eigenvalue weighted by Crippen LogP contribution is 2.18. The fourth-order valence-electron chi connectivity index (χ4n) is 1.71. The van der Waals surface area contributed by atoms with Crippen molar-refractivity contribution in [3.63, 3.8) is 0 Å². The monoisotopic (exact) mass is 217 g/mol. The van der Waals surface area contributed by atoms with E-state index in [1.807, 2.05) is 13.0 Å². The van der Waals surface area contributed by atoms with Gasteiger partial charge in [-0.05, 0) is 31.0 Å². The Kier molecular flexibility index (Phi) is 2.27. The lowest BCUT2D eigenvalue weighted by Crippen LogP contribution is -2.23. The second-order valence-corrected chi connectivity index (χ2v) is 3.72. The van der Waals surface area contributed by atoms with Gasteiger partial charge in [-0.1, -0.05) is 6.07 Å². The van der Waals surface area contributed by atoms with Gasteiger partial charge in [-0.25, -0.2) is 0 Å². The summed E-state index contributed by atoms with van der Waals surface area (Å²) in [5, 5.41) is 11.0. The van der Waals surface area contributed by atoms with E-state index in [0.29, 0.717) is 11.0 Å². The van der Waals surface area contributed by atoms with Crippen LogP contribution in [0.2, 0.25) is 0 Å². The fraction of sp³-hybridized carbons (Fsp3) is 0.167. The highest BCUT2D eigenvalue weighted by atomic mass is 16.4. The Morgan fingerprint density at radius 3 is 2.56 bits per heavy atom. The van der Waals surface area contributed by atoms with Gasteiger partial charge in [0.2, 0.25) is 0 Å². The summed E-state index contributed by atoms with van der Waals surface area (Å²) in [5.41, 5.74) is 1.60. The molecule has 0 saturated carbocycles. The van der Waals surface area contributed by atoms with E-state index in [1.165, 1.54) is 0 Å². The van der Waals surface area contributed by atoms with Crippen molar-refractivity contribution in [2.45, 2.75) is 13.8 Å². The molecule has 1 aromatic heterocycles. The molecule has 0 aliphatic carbocycles. The molecule has 0 N–H and O–H groups in total. The molecule has 16 heavy (non-hydrogen) atoms. The van der Waals surface area contributed by atoms with Crippen molar-refractivity contribution in [3.8, 4) is 0 Å². The van der Waals surface area contributed by atoms with Crippen LogP contribution in [0.25, 0.3) is 11.0 Å². The molecular weight excluding hydrogens is 208 g/mol. The van der Waals surface area contributed by atoms with Crippen molar-refractivity contribution < 1.29 is 14.3 Å². The van der Waals surface area contributed by atoms with Gasteiger partial charge in [0.05, 0.1) is 5.39 Å². The van der Waals surface area contributed by atoms with Gasteiger partial charge >= 0.3 is 0 Å². The molecule has 0 spiro atoms. The minimum absolute atomic E-state index is 0.303. The zero-order chi connectivity index (χ0) is 11.9. The zero-order valence-corrected chi connectivity index (χ0v) is 8.87. The number of fused-ring (bicyclic) bond motifs is 1. The molecule has 0 fully saturated rings. The summed E-state index contributed by atoms with van der Waals surface area (Å²) in [6.07, 6.45) is 0. The topological polar surface area (TPSA) is 70.3 Å². The first-order valence-electron chi connectivity index (χ1n) is 4.75. The molecule has 82 valence electrons. The van der Waals surface area contributed by atoms with Gasteiger partial charge < -0.3 is 14.3 Å². The maximum absolute atomic E-state index is 11.7. The average Bonchev–Trinajstić information content (AvgIpc) is 2.19. The number of carboxylic acids is 1. The third kappa shape index (κ3) is 1.58. The molecule has 0 aliphatic heterocycles. The van der Waals surface area contributed by atoms with Gasteiger partial charge in [0.25, 0.3) is 0 Å². The van der Waals surface area contributed by atoms with Gasteiger partial charge in [-0.2, -0.15) is 0 Å². The van der Waals surface area contributed by atoms with E-state index >= 15 is 0 Å². The Hall–Kier alpha value is -2.10. The van der Waals surface area contributed by atoms with E-state index in [0.717, 1.165) is 17.2 Å². The van der Waals surface area contributed by atoms with Gasteiger partial charge in [0.15, 0.2) is 11.2 Å². The standard InChI is InChI=1S/C12H10O4/c1-6-3-7(2)11-8(4-6)9(13)5-10(16-11)12(14)15/h3-5H,1-2H3,(H,14,15)/p-1. The van der Waals surface area contributed by atoms with Crippen LogP contribution in [0.15, 0.2) is 27.4 Å². The molecule has 0 radical (unpaired) electrons. The fourth-order valence-corrected chi connectivity index (χ4v) is 1.71. The lowest BCUT2D eigenvalue weighted by atomic mass is 10.1. The van der Waals surface area contributed by atoms with Crippen molar-refractivity contribution >= 4 is 16.9 Å². The molecule has 2 aromatic rings. The first kappa shape index (κ1) is 10.4. The molecule has 1 aromatic carbocycles. The Morgan fingerprint density at radius 1 is 1.25 bits per heavy atom. The quantitative estimate of drug-likeness (QED) is 0.707. The molecule has 0 bridgehead atoms. The van der Waals surface area contributed by atoms with Crippen LogP contribution in [0.4, 0.5) is 0 Å². The van der Waals surface area contributed by atoms with Gasteiger partial charge in [0, 0.05) is 6.07 Å². The molecule has 0 unspecified atom stereocenters. The Labute approximate surface area is 91.1 Å². The second-order valence-electron chi connectivity index (χ2n) is 3.72. The van der Waals surface area contributed by atoms with Crippen LogP contribution in [-0.4, -0.2) is 5.97 Å². The number of rotatable bonds is 1. The van der Waals surface area contributed by atoms with Crippen LogP contribution in [-0.2, 0) is 0 Å². The molecule has 4 heteroatoms. The highest BCUT2D eigenvalue weighted by Gasteiger charge is 2.08. The van der Waals surface area contributed by atoms with E-state index in [1.54, 1.807) is 13.0 Å². The Balaban J connectivity index is 2.93. The lowest BCUT2D eigenvalue weighted by molar-refractivity contribution is -0.257. The summed E-state index contributed by atoms with van der Waals surface area (Å²) >= 11 is 0. The SMILES string of the molecule is Cc1cc(C)c2oc(C(=O)[O-])cc(=O)c2c1. The highest BCUT2D eigenvalue weighted by molar-refractivity contribution is 5.87. The predicted molar refractivity (Wildman–Crippen MR) is 56.3 cm³/mol. The van der Waals surface area contributed by atoms with E-state index < -0.39 is 11.7 Å². The smallest absolute Gasteiger partial charge is 0.193 e. The van der Waals surface area contributed by atoms with Crippen LogP contribution in [0.5, 0.6) is 0 Å². The summed E-state index contributed by atoms with van der Waals surface area (Å²) < 4.78 is 5.13. The summed E-state index contributed by atoms with van der Waals surface area (Å²) in [6, 6.07) is 4.44. The number of hydrogen-bond donors (Lipinski definition) is 0. The van der Waals surface area contributed by atoms with Crippen molar-refractivity contribution in [1.29, 1.82) is 0 Å². The number of aromatic carboxylic acids is 1. The Morgan fingerprint density at radius 2 is 1.94 bits per heavy atom. The number of aryl methyl sites for hydroxylation is 2. The van der Waals surface area contributed by atoms with Gasteiger partial charge in [-0.3, -0.25) is 4.79 Å². The maximum Gasteiger partial charge on any atom is 0.193 e. The molecule has 2 rings (SSSR count). The average molecular weight is 217 g/mol. The van der Waals surface area contributed by atoms with Crippen LogP contribution < -0.4 is 10.5 Å². The van der Waals surface area contributed by atoms with Crippen molar-refractivity contribution in [2.24, 2.45) is 0 Å². The van der Waals surface area contributed by atoms with Crippen LogP contribution >= 0.6 is 0 Å².